The van der Waals surface area contributed by atoms with Gasteiger partial charge in [0, 0.05) is 54.8 Å². The van der Waals surface area contributed by atoms with Crippen molar-refractivity contribution in [1.29, 1.82) is 0 Å². The van der Waals surface area contributed by atoms with Crippen molar-refractivity contribution in [3.8, 4) is 0 Å². The Labute approximate surface area is 131 Å². The van der Waals surface area contributed by atoms with Gasteiger partial charge < -0.3 is 14.4 Å². The Bertz CT molecular complexity index is 802. The highest BCUT2D eigenvalue weighted by Crippen LogP contribution is 2.34. The van der Waals surface area contributed by atoms with Crippen molar-refractivity contribution in [3.63, 3.8) is 0 Å². The SMILES string of the molecule is O=C(O)N1C[C@@H]2C[C@H]1CN2Cc1cc([N+](=O)[O-])cc2ccoc12. The van der Waals surface area contributed by atoms with E-state index in [-0.39, 0.29) is 17.8 Å². The fourth-order valence-electron chi connectivity index (χ4n) is 3.76. The lowest BCUT2D eigenvalue weighted by Gasteiger charge is -2.32. The molecule has 0 radical (unpaired) electrons. The number of piperazine rings is 1. The Balaban J connectivity index is 1.61. The molecule has 0 saturated carbocycles. The van der Waals surface area contributed by atoms with Gasteiger partial charge in [0.2, 0.25) is 0 Å². The van der Waals surface area contributed by atoms with E-state index in [0.29, 0.717) is 30.6 Å². The van der Waals surface area contributed by atoms with Crippen molar-refractivity contribution >= 4 is 22.7 Å². The number of nitrogens with zero attached hydrogens (tertiary/aromatic N) is 3. The fourth-order valence-corrected chi connectivity index (χ4v) is 3.76. The van der Waals surface area contributed by atoms with Crippen molar-refractivity contribution in [2.45, 2.75) is 25.0 Å². The smallest absolute Gasteiger partial charge is 0.407 e. The number of carboxylic acid groups (broad SMARTS) is 1. The van der Waals surface area contributed by atoms with Crippen LogP contribution in [-0.2, 0) is 6.54 Å². The van der Waals surface area contributed by atoms with Crippen molar-refractivity contribution < 1.29 is 19.2 Å². The van der Waals surface area contributed by atoms with E-state index in [1.54, 1.807) is 12.1 Å². The number of nitro groups is 1. The van der Waals surface area contributed by atoms with Gasteiger partial charge in [-0.3, -0.25) is 15.0 Å². The molecule has 120 valence electrons. The van der Waals surface area contributed by atoms with Gasteiger partial charge in [0.05, 0.1) is 11.2 Å². The molecule has 8 nitrogen and oxygen atoms in total. The molecule has 23 heavy (non-hydrogen) atoms. The fraction of sp³-hybridized carbons (Fsp3) is 0.400. The quantitative estimate of drug-likeness (QED) is 0.688. The van der Waals surface area contributed by atoms with Crippen molar-refractivity contribution in [2.75, 3.05) is 13.1 Å². The number of furan rings is 1. The molecule has 0 spiro atoms. The Hall–Kier alpha value is -2.61. The molecule has 0 aliphatic carbocycles. The van der Waals surface area contributed by atoms with Gasteiger partial charge in [-0.05, 0) is 12.5 Å². The first kappa shape index (κ1) is 14.0. The third-order valence-corrected chi connectivity index (χ3v) is 4.80. The van der Waals surface area contributed by atoms with Gasteiger partial charge >= 0.3 is 6.09 Å². The molecule has 2 aliphatic heterocycles. The topological polar surface area (TPSA) is 100 Å². The lowest BCUT2D eigenvalue weighted by Crippen LogP contribution is -2.47. The lowest BCUT2D eigenvalue weighted by molar-refractivity contribution is -0.384. The van der Waals surface area contributed by atoms with Gasteiger partial charge in [0.25, 0.3) is 5.69 Å². The van der Waals surface area contributed by atoms with Crippen LogP contribution in [0.3, 0.4) is 0 Å². The maximum Gasteiger partial charge on any atom is 0.407 e. The van der Waals surface area contributed by atoms with Gasteiger partial charge in [-0.2, -0.15) is 0 Å². The Morgan fingerprint density at radius 3 is 2.87 bits per heavy atom. The minimum Gasteiger partial charge on any atom is -0.465 e. The molecule has 1 aromatic carbocycles. The van der Waals surface area contributed by atoms with E-state index in [2.05, 4.69) is 4.90 Å². The van der Waals surface area contributed by atoms with E-state index in [4.69, 9.17) is 9.52 Å². The zero-order valence-corrected chi connectivity index (χ0v) is 12.2. The summed E-state index contributed by atoms with van der Waals surface area (Å²) in [6.07, 6.45) is 1.48. The molecule has 2 bridgehead atoms. The van der Waals surface area contributed by atoms with Crippen LogP contribution in [0.2, 0.25) is 0 Å². The van der Waals surface area contributed by atoms with Crippen LogP contribution in [0.15, 0.2) is 28.9 Å². The second-order valence-corrected chi connectivity index (χ2v) is 6.11. The van der Waals surface area contributed by atoms with E-state index in [1.807, 2.05) is 0 Å². The predicted molar refractivity (Wildman–Crippen MR) is 80.2 cm³/mol. The van der Waals surface area contributed by atoms with E-state index in [9.17, 15) is 14.9 Å². The molecule has 0 unspecified atom stereocenters. The minimum absolute atomic E-state index is 0.0169. The molecule has 2 aliphatic rings. The van der Waals surface area contributed by atoms with Crippen molar-refractivity contribution in [3.05, 3.63) is 40.1 Å². The number of non-ortho nitro benzene ring substituents is 1. The van der Waals surface area contributed by atoms with Crippen LogP contribution < -0.4 is 0 Å². The molecule has 1 aromatic heterocycles. The van der Waals surface area contributed by atoms with Crippen LogP contribution in [0.4, 0.5) is 10.5 Å². The highest BCUT2D eigenvalue weighted by atomic mass is 16.6. The molecule has 2 saturated heterocycles. The number of amides is 1. The first-order chi connectivity index (χ1) is 11.0. The summed E-state index contributed by atoms with van der Waals surface area (Å²) in [5, 5.41) is 20.9. The average molecular weight is 317 g/mol. The van der Waals surface area contributed by atoms with E-state index < -0.39 is 11.0 Å². The maximum atomic E-state index is 11.1. The number of hydrogen-bond donors (Lipinski definition) is 1. The van der Waals surface area contributed by atoms with Crippen LogP contribution in [0.25, 0.3) is 11.0 Å². The Kier molecular flexibility index (Phi) is 3.02. The summed E-state index contributed by atoms with van der Waals surface area (Å²) in [4.78, 5) is 25.5. The molecule has 8 heteroatoms. The standard InChI is InChI=1S/C15H15N3O5/c19-15(20)17-8-12-5-13(17)7-16(12)6-10-4-11(18(21)22)3-9-1-2-23-14(9)10/h1-4,12-13H,5-8H2,(H,19,20)/t12-,13-/m0/s1. The van der Waals surface area contributed by atoms with Crippen LogP contribution >= 0.6 is 0 Å². The van der Waals surface area contributed by atoms with Crippen molar-refractivity contribution in [2.24, 2.45) is 0 Å². The minimum atomic E-state index is -0.874. The van der Waals surface area contributed by atoms with Gasteiger partial charge in [-0.15, -0.1) is 0 Å². The lowest BCUT2D eigenvalue weighted by atomic mass is 10.1. The maximum absolute atomic E-state index is 11.1. The number of likely N-dealkylation sites (tertiary alicyclic amines) is 2. The predicted octanol–water partition coefficient (Wildman–Crippen LogP) is 2.28. The number of rotatable bonds is 3. The second kappa shape index (κ2) is 4.95. The van der Waals surface area contributed by atoms with E-state index in [0.717, 1.165) is 12.0 Å². The summed E-state index contributed by atoms with van der Waals surface area (Å²) >= 11 is 0. The molecule has 1 N–H and O–H groups in total. The number of benzene rings is 1. The summed E-state index contributed by atoms with van der Waals surface area (Å²) < 4.78 is 5.48. The third-order valence-electron chi connectivity index (χ3n) is 4.80. The van der Waals surface area contributed by atoms with Crippen LogP contribution in [0.1, 0.15) is 12.0 Å². The van der Waals surface area contributed by atoms with Crippen LogP contribution in [-0.4, -0.2) is 51.1 Å². The summed E-state index contributed by atoms with van der Waals surface area (Å²) in [7, 11) is 0. The molecular weight excluding hydrogens is 302 g/mol. The van der Waals surface area contributed by atoms with Crippen LogP contribution in [0.5, 0.6) is 0 Å². The number of carbonyl (C=O) groups is 1. The highest BCUT2D eigenvalue weighted by Gasteiger charge is 2.45. The van der Waals surface area contributed by atoms with Crippen LogP contribution in [0, 0.1) is 10.1 Å². The average Bonchev–Trinajstić information content (AvgIpc) is 3.21. The molecule has 1 amide bonds. The normalized spacial score (nSPS) is 23.7. The monoisotopic (exact) mass is 317 g/mol. The summed E-state index contributed by atoms with van der Waals surface area (Å²) in [6.45, 7) is 1.68. The summed E-state index contributed by atoms with van der Waals surface area (Å²) in [5.74, 6) is 0. The van der Waals surface area contributed by atoms with Gasteiger partial charge in [-0.25, -0.2) is 4.79 Å². The molecule has 4 rings (SSSR count). The molecule has 2 atom stereocenters. The summed E-state index contributed by atoms with van der Waals surface area (Å²) in [5.41, 5.74) is 1.48. The number of fused-ring (bicyclic) bond motifs is 3. The molecule has 2 fully saturated rings. The number of hydrogen-bond acceptors (Lipinski definition) is 5. The van der Waals surface area contributed by atoms with Crippen molar-refractivity contribution in [1.82, 2.24) is 9.80 Å². The highest BCUT2D eigenvalue weighted by molar-refractivity contribution is 5.83. The number of nitro benzene ring substituents is 1. The van der Waals surface area contributed by atoms with Gasteiger partial charge in [-0.1, -0.05) is 0 Å². The third kappa shape index (κ3) is 2.22. The molecular formula is C15H15N3O5. The molecule has 2 aromatic rings. The summed E-state index contributed by atoms with van der Waals surface area (Å²) in [6, 6.07) is 4.95. The largest absolute Gasteiger partial charge is 0.465 e. The first-order valence-electron chi connectivity index (χ1n) is 7.41. The van der Waals surface area contributed by atoms with E-state index >= 15 is 0 Å². The second-order valence-electron chi connectivity index (χ2n) is 6.11. The Morgan fingerprint density at radius 2 is 2.22 bits per heavy atom. The van der Waals surface area contributed by atoms with Gasteiger partial charge in [0.1, 0.15) is 5.58 Å². The molecule has 3 heterocycles. The first-order valence-corrected chi connectivity index (χ1v) is 7.41. The van der Waals surface area contributed by atoms with Gasteiger partial charge in [0.15, 0.2) is 0 Å². The zero-order chi connectivity index (χ0) is 16.1. The van der Waals surface area contributed by atoms with E-state index in [1.165, 1.54) is 17.2 Å². The zero-order valence-electron chi connectivity index (χ0n) is 12.2. The Morgan fingerprint density at radius 1 is 1.39 bits per heavy atom.